The van der Waals surface area contributed by atoms with Crippen LogP contribution in [0.3, 0.4) is 0 Å². The summed E-state index contributed by atoms with van der Waals surface area (Å²) in [5, 5.41) is 0. The van der Waals surface area contributed by atoms with Gasteiger partial charge in [0.15, 0.2) is 0 Å². The zero-order chi connectivity index (χ0) is 7.07. The molecular formula is C10H10FeZn-6. The first kappa shape index (κ1) is 14.4. The minimum absolute atomic E-state index is 0. The zero-order valence-corrected chi connectivity index (χ0v) is 10.9. The van der Waals surface area contributed by atoms with Crippen molar-refractivity contribution in [2.24, 2.45) is 0 Å². The fraction of sp³-hybridized carbons (Fsp3) is 0. The van der Waals surface area contributed by atoms with E-state index in [1.807, 2.05) is 60.7 Å². The van der Waals surface area contributed by atoms with Gasteiger partial charge in [-0.2, -0.15) is 18.2 Å². The minimum Gasteiger partial charge on any atom is -0.748 e. The summed E-state index contributed by atoms with van der Waals surface area (Å²) < 4.78 is 0. The van der Waals surface area contributed by atoms with Crippen molar-refractivity contribution in [3.8, 4) is 0 Å². The van der Waals surface area contributed by atoms with Crippen LogP contribution >= 0.6 is 0 Å². The van der Waals surface area contributed by atoms with E-state index >= 15 is 0 Å². The van der Waals surface area contributed by atoms with E-state index in [-0.39, 0.29) is 36.5 Å². The molecule has 0 aliphatic carbocycles. The zero-order valence-electron chi connectivity index (χ0n) is 6.83. The SMILES string of the molecule is [Fe].[Zn].[cH-]1[cH-][cH-][cH-][cH-]1.c1cc[cH-]c1. The first-order chi connectivity index (χ1) is 5.00. The molecule has 0 radical (unpaired) electrons. The van der Waals surface area contributed by atoms with Crippen LogP contribution in [-0.2, 0) is 36.5 Å². The van der Waals surface area contributed by atoms with E-state index in [2.05, 4.69) is 0 Å². The maximum absolute atomic E-state index is 2.00. The summed E-state index contributed by atoms with van der Waals surface area (Å²) >= 11 is 0. The van der Waals surface area contributed by atoms with E-state index in [1.54, 1.807) is 0 Å². The summed E-state index contributed by atoms with van der Waals surface area (Å²) in [6.45, 7) is 0. The van der Waals surface area contributed by atoms with E-state index in [4.69, 9.17) is 0 Å². The monoisotopic (exact) mass is 250 g/mol. The van der Waals surface area contributed by atoms with Crippen molar-refractivity contribution in [2.75, 3.05) is 0 Å². The molecule has 0 saturated heterocycles. The van der Waals surface area contributed by atoms with E-state index in [9.17, 15) is 0 Å². The van der Waals surface area contributed by atoms with Gasteiger partial charge in [-0.05, 0) is 0 Å². The standard InChI is InChI=1S/2C5H5.Fe.Zn/c2*1-2-4-5-3-1;;/h2*1-5H;;/q-5;-1;;. The average molecular weight is 251 g/mol. The van der Waals surface area contributed by atoms with Gasteiger partial charge < -0.3 is 30.3 Å². The molecule has 2 aromatic rings. The summed E-state index contributed by atoms with van der Waals surface area (Å²) in [4.78, 5) is 0. The number of rotatable bonds is 0. The van der Waals surface area contributed by atoms with Gasteiger partial charge >= 0.3 is 0 Å². The molecule has 0 atom stereocenters. The molecule has 0 N–H and O–H groups in total. The van der Waals surface area contributed by atoms with Gasteiger partial charge in [-0.3, -0.25) is 0 Å². The molecular weight excluding hydrogens is 241 g/mol. The van der Waals surface area contributed by atoms with Crippen molar-refractivity contribution >= 4 is 0 Å². The van der Waals surface area contributed by atoms with Gasteiger partial charge in [-0.1, -0.05) is 0 Å². The fourth-order valence-electron chi connectivity index (χ4n) is 0.642. The van der Waals surface area contributed by atoms with Crippen molar-refractivity contribution < 1.29 is 36.5 Å². The second-order valence-electron chi connectivity index (χ2n) is 1.92. The molecule has 0 aliphatic rings. The summed E-state index contributed by atoms with van der Waals surface area (Å²) in [7, 11) is 0. The third kappa shape index (κ3) is 7.94. The van der Waals surface area contributed by atoms with Crippen LogP contribution < -0.4 is 0 Å². The van der Waals surface area contributed by atoms with E-state index in [1.165, 1.54) is 0 Å². The Hall–Kier alpha value is -0.157. The molecule has 0 saturated carbocycles. The summed E-state index contributed by atoms with van der Waals surface area (Å²) in [5.74, 6) is 0. The van der Waals surface area contributed by atoms with Gasteiger partial charge in [-0.25, -0.2) is 12.1 Å². The molecule has 0 unspecified atom stereocenters. The summed E-state index contributed by atoms with van der Waals surface area (Å²) in [6, 6.07) is 20.0. The maximum Gasteiger partial charge on any atom is 0 e. The molecule has 2 heteroatoms. The molecule has 2 rings (SSSR count). The normalized spacial score (nSPS) is 6.67. The second-order valence-corrected chi connectivity index (χ2v) is 1.92. The Kier molecular flexibility index (Phi) is 13.0. The number of hydrogen-bond acceptors (Lipinski definition) is 0. The Labute approximate surface area is 97.0 Å². The molecule has 0 amide bonds. The Bertz CT molecular complexity index is 149. The molecule has 0 fully saturated rings. The quantitative estimate of drug-likeness (QED) is 0.499. The Balaban J connectivity index is 0. The number of hydrogen-bond donors (Lipinski definition) is 0. The smallest absolute Gasteiger partial charge is 0 e. The van der Waals surface area contributed by atoms with E-state index in [0.717, 1.165) is 0 Å². The van der Waals surface area contributed by atoms with Crippen molar-refractivity contribution in [1.29, 1.82) is 0 Å². The first-order valence-electron chi connectivity index (χ1n) is 3.33. The van der Waals surface area contributed by atoms with Gasteiger partial charge in [0.2, 0.25) is 0 Å². The molecule has 12 heavy (non-hydrogen) atoms. The fourth-order valence-corrected chi connectivity index (χ4v) is 0.642. The van der Waals surface area contributed by atoms with Crippen molar-refractivity contribution in [3.63, 3.8) is 0 Å². The predicted molar refractivity (Wildman–Crippen MR) is 44.1 cm³/mol. The molecule has 0 bridgehead atoms. The molecule has 0 aliphatic heterocycles. The van der Waals surface area contributed by atoms with Gasteiger partial charge in [0.1, 0.15) is 0 Å². The Morgan fingerprint density at radius 1 is 0.667 bits per heavy atom. The van der Waals surface area contributed by atoms with Crippen LogP contribution in [-0.4, -0.2) is 0 Å². The molecule has 0 spiro atoms. The van der Waals surface area contributed by atoms with Gasteiger partial charge in [-0.15, -0.1) is 0 Å². The van der Waals surface area contributed by atoms with Gasteiger partial charge in [0.25, 0.3) is 0 Å². The van der Waals surface area contributed by atoms with E-state index < -0.39 is 0 Å². The van der Waals surface area contributed by atoms with Gasteiger partial charge in [0.05, 0.1) is 0 Å². The van der Waals surface area contributed by atoms with Crippen molar-refractivity contribution in [2.45, 2.75) is 0 Å². The Morgan fingerprint density at radius 3 is 1.17 bits per heavy atom. The molecule has 0 aromatic heterocycles. The van der Waals surface area contributed by atoms with Crippen LogP contribution in [0.25, 0.3) is 0 Å². The predicted octanol–water partition coefficient (Wildman–Crippen LogP) is 2.81. The van der Waals surface area contributed by atoms with Gasteiger partial charge in [0, 0.05) is 36.5 Å². The summed E-state index contributed by atoms with van der Waals surface area (Å²) in [5.41, 5.74) is 0. The minimum atomic E-state index is 0. The van der Waals surface area contributed by atoms with Crippen molar-refractivity contribution in [3.05, 3.63) is 60.7 Å². The molecule has 0 nitrogen and oxygen atoms in total. The third-order valence-corrected chi connectivity index (χ3v) is 1.11. The largest absolute Gasteiger partial charge is 0.748 e. The topological polar surface area (TPSA) is 0 Å². The van der Waals surface area contributed by atoms with E-state index in [0.29, 0.717) is 0 Å². The van der Waals surface area contributed by atoms with Crippen LogP contribution in [0.15, 0.2) is 60.7 Å². The molecule has 0 heterocycles. The van der Waals surface area contributed by atoms with Crippen LogP contribution in [0.4, 0.5) is 0 Å². The molecule has 66 valence electrons. The van der Waals surface area contributed by atoms with Crippen LogP contribution in [0.2, 0.25) is 0 Å². The second kappa shape index (κ2) is 10.8. The first-order valence-corrected chi connectivity index (χ1v) is 3.33. The van der Waals surface area contributed by atoms with Crippen LogP contribution in [0.1, 0.15) is 0 Å². The molecule has 2 aromatic carbocycles. The summed E-state index contributed by atoms with van der Waals surface area (Å²) in [6.07, 6.45) is 0. The third-order valence-electron chi connectivity index (χ3n) is 1.11. The van der Waals surface area contributed by atoms with Crippen LogP contribution in [0.5, 0.6) is 0 Å². The maximum atomic E-state index is 2.00. The van der Waals surface area contributed by atoms with Crippen molar-refractivity contribution in [1.82, 2.24) is 0 Å². The van der Waals surface area contributed by atoms with Crippen LogP contribution in [0, 0.1) is 0 Å². The Morgan fingerprint density at radius 2 is 1.00 bits per heavy atom. The average Bonchev–Trinajstić information content (AvgIpc) is 2.67.